The number of aliphatic hydroxyl groups is 1. The van der Waals surface area contributed by atoms with Crippen LogP contribution in [-0.4, -0.2) is 34.1 Å². The van der Waals surface area contributed by atoms with Gasteiger partial charge in [-0.25, -0.2) is 0 Å². The Hall–Kier alpha value is -1.14. The molecule has 3 heterocycles. The first-order chi connectivity index (χ1) is 9.29. The molecule has 3 nitrogen and oxygen atoms in total. The van der Waals surface area contributed by atoms with Crippen LogP contribution in [-0.2, 0) is 11.8 Å². The van der Waals surface area contributed by atoms with Crippen LogP contribution in [0.15, 0.2) is 18.5 Å². The minimum atomic E-state index is -4.43. The highest BCUT2D eigenvalue weighted by atomic mass is 19.4. The van der Waals surface area contributed by atoms with Gasteiger partial charge in [0.1, 0.15) is 0 Å². The van der Waals surface area contributed by atoms with Gasteiger partial charge < -0.3 is 10.0 Å². The monoisotopic (exact) mass is 286 g/mol. The lowest BCUT2D eigenvalue weighted by Gasteiger charge is -2.42. The summed E-state index contributed by atoms with van der Waals surface area (Å²) in [6, 6.07) is 1.53. The molecule has 3 rings (SSSR count). The van der Waals surface area contributed by atoms with Crippen molar-refractivity contribution in [1.29, 1.82) is 0 Å². The van der Waals surface area contributed by atoms with E-state index in [-0.39, 0.29) is 17.6 Å². The summed E-state index contributed by atoms with van der Waals surface area (Å²) in [7, 11) is 2.02. The Balaban J connectivity index is 1.93. The molecule has 0 aliphatic carbocycles. The minimum absolute atomic E-state index is 0.244. The fourth-order valence-electron chi connectivity index (χ4n) is 3.53. The quantitative estimate of drug-likeness (QED) is 0.862. The topological polar surface area (TPSA) is 36.4 Å². The van der Waals surface area contributed by atoms with Crippen LogP contribution in [0.1, 0.15) is 36.8 Å². The molecule has 2 unspecified atom stereocenters. The first-order valence-electron chi connectivity index (χ1n) is 6.77. The lowest BCUT2D eigenvalue weighted by Crippen LogP contribution is -2.47. The van der Waals surface area contributed by atoms with Crippen LogP contribution in [0.4, 0.5) is 13.2 Å². The molecule has 2 atom stereocenters. The predicted octanol–water partition coefficient (Wildman–Crippen LogP) is 2.54. The van der Waals surface area contributed by atoms with Crippen LogP contribution in [0.2, 0.25) is 0 Å². The molecule has 0 spiro atoms. The van der Waals surface area contributed by atoms with Crippen molar-refractivity contribution in [3.63, 3.8) is 0 Å². The van der Waals surface area contributed by atoms with Gasteiger partial charge in [-0.3, -0.25) is 4.98 Å². The Morgan fingerprint density at radius 2 is 1.85 bits per heavy atom. The summed E-state index contributed by atoms with van der Waals surface area (Å²) in [4.78, 5) is 5.90. The van der Waals surface area contributed by atoms with E-state index in [1.807, 2.05) is 7.05 Å². The van der Waals surface area contributed by atoms with Crippen molar-refractivity contribution in [2.75, 3.05) is 7.05 Å². The van der Waals surface area contributed by atoms with Gasteiger partial charge in [0.15, 0.2) is 0 Å². The first-order valence-corrected chi connectivity index (χ1v) is 6.77. The van der Waals surface area contributed by atoms with Crippen LogP contribution in [0.25, 0.3) is 0 Å². The van der Waals surface area contributed by atoms with Crippen molar-refractivity contribution in [1.82, 2.24) is 9.88 Å². The molecular weight excluding hydrogens is 269 g/mol. The molecule has 1 N–H and O–H groups in total. The van der Waals surface area contributed by atoms with Gasteiger partial charge in [0.05, 0.1) is 11.2 Å². The fourth-order valence-corrected chi connectivity index (χ4v) is 3.53. The Kier molecular flexibility index (Phi) is 3.06. The van der Waals surface area contributed by atoms with Crippen molar-refractivity contribution in [3.8, 4) is 0 Å². The average molecular weight is 286 g/mol. The third kappa shape index (κ3) is 2.20. The molecule has 2 aliphatic heterocycles. The first kappa shape index (κ1) is 13.8. The van der Waals surface area contributed by atoms with Crippen molar-refractivity contribution in [3.05, 3.63) is 29.6 Å². The maximum atomic E-state index is 12.8. The molecule has 0 saturated carbocycles. The van der Waals surface area contributed by atoms with E-state index in [1.165, 1.54) is 6.20 Å². The van der Waals surface area contributed by atoms with Crippen LogP contribution in [0.3, 0.4) is 0 Å². The van der Waals surface area contributed by atoms with E-state index >= 15 is 0 Å². The Bertz CT molecular complexity index is 503. The smallest absolute Gasteiger partial charge is 0.385 e. The van der Waals surface area contributed by atoms with Crippen molar-refractivity contribution < 1.29 is 18.3 Å². The van der Waals surface area contributed by atoms with Crippen molar-refractivity contribution >= 4 is 0 Å². The average Bonchev–Trinajstić information content (AvgIpc) is 2.62. The van der Waals surface area contributed by atoms with E-state index in [1.54, 1.807) is 0 Å². The molecule has 0 aromatic carbocycles. The normalized spacial score (nSPS) is 34.5. The Morgan fingerprint density at radius 3 is 2.40 bits per heavy atom. The number of halogens is 3. The number of piperidine rings is 1. The largest absolute Gasteiger partial charge is 0.417 e. The lowest BCUT2D eigenvalue weighted by atomic mass is 9.81. The molecule has 2 aliphatic rings. The van der Waals surface area contributed by atoms with Gasteiger partial charge in [-0.2, -0.15) is 13.2 Å². The highest BCUT2D eigenvalue weighted by Gasteiger charge is 2.47. The van der Waals surface area contributed by atoms with Crippen molar-refractivity contribution in [2.24, 2.45) is 0 Å². The van der Waals surface area contributed by atoms with Gasteiger partial charge in [0.25, 0.3) is 0 Å². The van der Waals surface area contributed by atoms with Gasteiger partial charge in [-0.1, -0.05) is 0 Å². The second kappa shape index (κ2) is 4.43. The van der Waals surface area contributed by atoms with E-state index in [0.29, 0.717) is 12.8 Å². The van der Waals surface area contributed by atoms with Crippen LogP contribution in [0, 0.1) is 0 Å². The Labute approximate surface area is 115 Å². The standard InChI is InChI=1S/C14H17F3N2O/c1-19-11-2-3-12(19)6-13(20,5-11)9-4-10(8-18-7-9)14(15,16)17/h4,7-8,11-12,20H,2-3,5-6H2,1H3. The number of hydrogen-bond acceptors (Lipinski definition) is 3. The maximum Gasteiger partial charge on any atom is 0.417 e. The predicted molar refractivity (Wildman–Crippen MR) is 66.9 cm³/mol. The SMILES string of the molecule is CN1C2CCC1CC(O)(c1cncc(C(F)(F)F)c1)C2. The highest BCUT2D eigenvalue weighted by Crippen LogP contribution is 2.45. The minimum Gasteiger partial charge on any atom is -0.385 e. The molecular formula is C14H17F3N2O. The zero-order chi connectivity index (χ0) is 14.5. The van der Waals surface area contributed by atoms with Crippen LogP contribution in [0.5, 0.6) is 0 Å². The number of hydrogen-bond donors (Lipinski definition) is 1. The number of alkyl halides is 3. The van der Waals surface area contributed by atoms with E-state index in [2.05, 4.69) is 9.88 Å². The number of pyridine rings is 1. The number of aromatic nitrogens is 1. The molecule has 2 fully saturated rings. The molecule has 6 heteroatoms. The highest BCUT2D eigenvalue weighted by molar-refractivity contribution is 5.27. The summed E-state index contributed by atoms with van der Waals surface area (Å²) in [6.45, 7) is 0. The third-order valence-corrected chi connectivity index (χ3v) is 4.73. The summed E-state index contributed by atoms with van der Waals surface area (Å²) in [5.41, 5.74) is -1.70. The van der Waals surface area contributed by atoms with Gasteiger partial charge >= 0.3 is 6.18 Å². The number of rotatable bonds is 1. The van der Waals surface area contributed by atoms with Gasteiger partial charge in [-0.15, -0.1) is 0 Å². The number of nitrogens with zero attached hydrogens (tertiary/aromatic N) is 2. The Morgan fingerprint density at radius 1 is 1.25 bits per heavy atom. The van der Waals surface area contributed by atoms with Crippen LogP contribution < -0.4 is 0 Å². The summed E-state index contributed by atoms with van der Waals surface area (Å²) in [5, 5.41) is 10.8. The molecule has 0 amide bonds. The summed E-state index contributed by atoms with van der Waals surface area (Å²) >= 11 is 0. The molecule has 1 aromatic rings. The van der Waals surface area contributed by atoms with Crippen molar-refractivity contribution in [2.45, 2.75) is 49.5 Å². The van der Waals surface area contributed by atoms with Gasteiger partial charge in [-0.05, 0) is 38.8 Å². The third-order valence-electron chi connectivity index (χ3n) is 4.73. The zero-order valence-corrected chi connectivity index (χ0v) is 11.2. The van der Waals surface area contributed by atoms with Gasteiger partial charge in [0.2, 0.25) is 0 Å². The number of fused-ring (bicyclic) bond motifs is 2. The van der Waals surface area contributed by atoms with E-state index in [9.17, 15) is 18.3 Å². The molecule has 1 aromatic heterocycles. The second-order valence-corrected chi connectivity index (χ2v) is 5.95. The van der Waals surface area contributed by atoms with E-state index in [4.69, 9.17) is 0 Å². The maximum absolute atomic E-state index is 12.8. The fraction of sp³-hybridized carbons (Fsp3) is 0.643. The van der Waals surface area contributed by atoms with Crippen LogP contribution >= 0.6 is 0 Å². The zero-order valence-electron chi connectivity index (χ0n) is 11.2. The lowest BCUT2D eigenvalue weighted by molar-refractivity contribution is -0.138. The van der Waals surface area contributed by atoms with E-state index in [0.717, 1.165) is 25.1 Å². The summed E-state index contributed by atoms with van der Waals surface area (Å²) in [5.74, 6) is 0. The second-order valence-electron chi connectivity index (χ2n) is 5.95. The van der Waals surface area contributed by atoms with Gasteiger partial charge in [0, 0.05) is 30.0 Å². The summed E-state index contributed by atoms with van der Waals surface area (Å²) in [6.07, 6.45) is 0.679. The molecule has 2 bridgehead atoms. The molecule has 20 heavy (non-hydrogen) atoms. The molecule has 0 radical (unpaired) electrons. The molecule has 110 valence electrons. The summed E-state index contributed by atoms with van der Waals surface area (Å²) < 4.78 is 38.3. The molecule has 2 saturated heterocycles. The van der Waals surface area contributed by atoms with E-state index < -0.39 is 17.3 Å².